The normalized spacial score (nSPS) is 14.7. The Hall–Kier alpha value is -2.83. The van der Waals surface area contributed by atoms with Gasteiger partial charge in [-0.15, -0.1) is 10.2 Å². The third kappa shape index (κ3) is 4.87. The standard InChI is InChI=1S/C20H26N4O3/c1-14-8-10-24(11-9-14)19-7-6-18(22-23-19)21-20(25)13-15-4-5-16(26-2)17(12-15)27-3/h4-7,12,14H,8-11,13H2,1-3H3,(H,21,22,25). The van der Waals surface area contributed by atoms with E-state index < -0.39 is 0 Å². The first kappa shape index (κ1) is 18.9. The van der Waals surface area contributed by atoms with E-state index in [1.165, 1.54) is 12.8 Å². The number of anilines is 2. The molecule has 1 aliphatic heterocycles. The topological polar surface area (TPSA) is 76.6 Å². The lowest BCUT2D eigenvalue weighted by Crippen LogP contribution is -2.33. The second-order valence-corrected chi connectivity index (χ2v) is 6.86. The van der Waals surface area contributed by atoms with Crippen molar-refractivity contribution in [3.8, 4) is 11.5 Å². The van der Waals surface area contributed by atoms with Gasteiger partial charge >= 0.3 is 0 Å². The molecule has 27 heavy (non-hydrogen) atoms. The average molecular weight is 370 g/mol. The van der Waals surface area contributed by atoms with Gasteiger partial charge in [-0.3, -0.25) is 4.79 Å². The van der Waals surface area contributed by atoms with Gasteiger partial charge in [-0.2, -0.15) is 0 Å². The molecule has 0 unspecified atom stereocenters. The molecule has 0 saturated carbocycles. The maximum absolute atomic E-state index is 12.3. The summed E-state index contributed by atoms with van der Waals surface area (Å²) in [6.45, 7) is 4.28. The van der Waals surface area contributed by atoms with E-state index in [1.807, 2.05) is 12.1 Å². The van der Waals surface area contributed by atoms with Crippen molar-refractivity contribution in [1.29, 1.82) is 0 Å². The van der Waals surface area contributed by atoms with E-state index in [-0.39, 0.29) is 12.3 Å². The molecule has 0 spiro atoms. The molecule has 0 bridgehead atoms. The number of nitrogens with zero attached hydrogens (tertiary/aromatic N) is 3. The Labute approximate surface area is 159 Å². The van der Waals surface area contributed by atoms with Gasteiger partial charge in [0.2, 0.25) is 5.91 Å². The number of carbonyl (C=O) groups is 1. The lowest BCUT2D eigenvalue weighted by Gasteiger charge is -2.30. The largest absolute Gasteiger partial charge is 0.493 e. The number of nitrogens with one attached hydrogen (secondary N) is 1. The average Bonchev–Trinajstić information content (AvgIpc) is 2.69. The first-order valence-corrected chi connectivity index (χ1v) is 9.18. The van der Waals surface area contributed by atoms with Crippen LogP contribution in [0.5, 0.6) is 11.5 Å². The quantitative estimate of drug-likeness (QED) is 0.843. The lowest BCUT2D eigenvalue weighted by atomic mass is 9.99. The van der Waals surface area contributed by atoms with Crippen molar-refractivity contribution in [2.24, 2.45) is 5.92 Å². The van der Waals surface area contributed by atoms with Crippen molar-refractivity contribution >= 4 is 17.5 Å². The summed E-state index contributed by atoms with van der Waals surface area (Å²) in [4.78, 5) is 14.5. The molecule has 7 nitrogen and oxygen atoms in total. The van der Waals surface area contributed by atoms with Crippen molar-refractivity contribution in [3.05, 3.63) is 35.9 Å². The molecule has 0 radical (unpaired) electrons. The van der Waals surface area contributed by atoms with E-state index in [9.17, 15) is 4.79 Å². The number of benzene rings is 1. The van der Waals surface area contributed by atoms with Crippen LogP contribution in [0.25, 0.3) is 0 Å². The zero-order chi connectivity index (χ0) is 19.2. The van der Waals surface area contributed by atoms with Crippen LogP contribution in [0.3, 0.4) is 0 Å². The molecule has 1 aliphatic rings. The number of rotatable bonds is 6. The maximum Gasteiger partial charge on any atom is 0.229 e. The predicted octanol–water partition coefficient (Wildman–Crippen LogP) is 2.91. The van der Waals surface area contributed by atoms with Crippen molar-refractivity contribution < 1.29 is 14.3 Å². The minimum absolute atomic E-state index is 0.156. The summed E-state index contributed by atoms with van der Waals surface area (Å²) in [5.41, 5.74) is 0.831. The summed E-state index contributed by atoms with van der Waals surface area (Å²) in [5.74, 6) is 3.16. The highest BCUT2D eigenvalue weighted by molar-refractivity contribution is 5.91. The Kier molecular flexibility index (Phi) is 6.11. The Morgan fingerprint density at radius 3 is 2.48 bits per heavy atom. The molecule has 7 heteroatoms. The smallest absolute Gasteiger partial charge is 0.229 e. The summed E-state index contributed by atoms with van der Waals surface area (Å²) < 4.78 is 10.5. The van der Waals surface area contributed by atoms with Crippen molar-refractivity contribution in [2.45, 2.75) is 26.2 Å². The zero-order valence-electron chi connectivity index (χ0n) is 16.1. The number of ether oxygens (including phenoxy) is 2. The van der Waals surface area contributed by atoms with Crippen molar-refractivity contribution in [2.75, 3.05) is 37.5 Å². The summed E-state index contributed by atoms with van der Waals surface area (Å²) in [5, 5.41) is 11.2. The fraction of sp³-hybridized carbons (Fsp3) is 0.450. The van der Waals surface area contributed by atoms with Gasteiger partial charge in [-0.25, -0.2) is 0 Å². The first-order chi connectivity index (χ1) is 13.1. The molecular formula is C20H26N4O3. The van der Waals surface area contributed by atoms with Crippen LogP contribution in [-0.4, -0.2) is 43.4 Å². The number of hydrogen-bond donors (Lipinski definition) is 1. The molecule has 1 amide bonds. The van der Waals surface area contributed by atoms with Crippen LogP contribution in [0.1, 0.15) is 25.3 Å². The van der Waals surface area contributed by atoms with Crippen LogP contribution in [-0.2, 0) is 11.2 Å². The fourth-order valence-corrected chi connectivity index (χ4v) is 3.16. The highest BCUT2D eigenvalue weighted by Gasteiger charge is 2.17. The van der Waals surface area contributed by atoms with Crippen LogP contribution in [0, 0.1) is 5.92 Å². The third-order valence-electron chi connectivity index (χ3n) is 4.84. The number of methoxy groups -OCH3 is 2. The molecule has 1 fully saturated rings. The molecule has 1 aromatic carbocycles. The zero-order valence-corrected chi connectivity index (χ0v) is 16.1. The summed E-state index contributed by atoms with van der Waals surface area (Å²) in [7, 11) is 3.15. The molecule has 0 aliphatic carbocycles. The van der Waals surface area contributed by atoms with Gasteiger partial charge in [0, 0.05) is 13.1 Å². The molecule has 1 saturated heterocycles. The molecule has 144 valence electrons. The van der Waals surface area contributed by atoms with Gasteiger partial charge in [-0.1, -0.05) is 13.0 Å². The monoisotopic (exact) mass is 370 g/mol. The predicted molar refractivity (Wildman–Crippen MR) is 105 cm³/mol. The third-order valence-corrected chi connectivity index (χ3v) is 4.84. The second kappa shape index (κ2) is 8.70. The molecule has 3 rings (SSSR count). The molecule has 2 heterocycles. The van der Waals surface area contributed by atoms with Gasteiger partial charge < -0.3 is 19.7 Å². The fourth-order valence-electron chi connectivity index (χ4n) is 3.16. The van der Waals surface area contributed by atoms with Gasteiger partial charge in [0.25, 0.3) is 0 Å². The van der Waals surface area contributed by atoms with Gasteiger partial charge in [0.05, 0.1) is 20.6 Å². The number of hydrogen-bond acceptors (Lipinski definition) is 6. The molecule has 2 aromatic rings. The summed E-state index contributed by atoms with van der Waals surface area (Å²) in [6, 6.07) is 9.13. The second-order valence-electron chi connectivity index (χ2n) is 6.86. The number of amides is 1. The van der Waals surface area contributed by atoms with Crippen molar-refractivity contribution in [3.63, 3.8) is 0 Å². The van der Waals surface area contributed by atoms with Crippen LogP contribution >= 0.6 is 0 Å². The van der Waals surface area contributed by atoms with E-state index in [2.05, 4.69) is 27.3 Å². The first-order valence-electron chi connectivity index (χ1n) is 9.18. The van der Waals surface area contributed by atoms with Crippen molar-refractivity contribution in [1.82, 2.24) is 10.2 Å². The maximum atomic E-state index is 12.3. The Morgan fingerprint density at radius 2 is 1.85 bits per heavy atom. The van der Waals surface area contributed by atoms with Crippen LogP contribution < -0.4 is 19.7 Å². The molecule has 1 N–H and O–H groups in total. The highest BCUT2D eigenvalue weighted by atomic mass is 16.5. The summed E-state index contributed by atoms with van der Waals surface area (Å²) in [6.07, 6.45) is 2.56. The van der Waals surface area contributed by atoms with Gasteiger partial charge in [0.15, 0.2) is 23.1 Å². The Morgan fingerprint density at radius 1 is 1.11 bits per heavy atom. The van der Waals surface area contributed by atoms with E-state index in [0.29, 0.717) is 17.3 Å². The Balaban J connectivity index is 1.58. The van der Waals surface area contributed by atoms with Gasteiger partial charge in [-0.05, 0) is 48.6 Å². The van der Waals surface area contributed by atoms with E-state index in [4.69, 9.17) is 9.47 Å². The molecular weight excluding hydrogens is 344 g/mol. The Bertz CT molecular complexity index is 771. The number of piperidine rings is 1. The van der Waals surface area contributed by atoms with Crippen LogP contribution in [0.2, 0.25) is 0 Å². The molecule has 1 aromatic heterocycles. The number of aromatic nitrogens is 2. The van der Waals surface area contributed by atoms with Gasteiger partial charge in [0.1, 0.15) is 0 Å². The lowest BCUT2D eigenvalue weighted by molar-refractivity contribution is -0.115. The van der Waals surface area contributed by atoms with Crippen LogP contribution in [0.15, 0.2) is 30.3 Å². The minimum atomic E-state index is -0.156. The number of carbonyl (C=O) groups excluding carboxylic acids is 1. The molecule has 0 atom stereocenters. The highest BCUT2D eigenvalue weighted by Crippen LogP contribution is 2.27. The van der Waals surface area contributed by atoms with Crippen LogP contribution in [0.4, 0.5) is 11.6 Å². The van der Waals surface area contributed by atoms with E-state index in [1.54, 1.807) is 32.4 Å². The van der Waals surface area contributed by atoms with E-state index in [0.717, 1.165) is 30.4 Å². The minimum Gasteiger partial charge on any atom is -0.493 e. The van der Waals surface area contributed by atoms with E-state index >= 15 is 0 Å². The summed E-state index contributed by atoms with van der Waals surface area (Å²) >= 11 is 0. The SMILES string of the molecule is COc1ccc(CC(=O)Nc2ccc(N3CCC(C)CC3)nn2)cc1OC.